The van der Waals surface area contributed by atoms with Gasteiger partial charge in [-0.15, -0.1) is 0 Å². The van der Waals surface area contributed by atoms with Crippen molar-refractivity contribution in [3.63, 3.8) is 0 Å². The van der Waals surface area contributed by atoms with Crippen LogP contribution in [0.4, 0.5) is 5.69 Å². The van der Waals surface area contributed by atoms with Gasteiger partial charge in [-0.05, 0) is 23.7 Å². The standard InChI is InChI=1S/C7H2Cl3NO2S/c8-3-1-4(7(10)12)6(11-14-13)5(9)2-3/h1-2H. The van der Waals surface area contributed by atoms with Crippen molar-refractivity contribution in [1.82, 2.24) is 0 Å². The van der Waals surface area contributed by atoms with Crippen LogP contribution in [0.2, 0.25) is 10.0 Å². The molecule has 0 unspecified atom stereocenters. The lowest BCUT2D eigenvalue weighted by molar-refractivity contribution is 0.108. The molecule has 0 N–H and O–H groups in total. The van der Waals surface area contributed by atoms with Crippen LogP contribution in [0.3, 0.4) is 0 Å². The predicted octanol–water partition coefficient (Wildman–Crippen LogP) is 3.40. The van der Waals surface area contributed by atoms with Crippen LogP contribution in [-0.4, -0.2) is 9.45 Å². The summed E-state index contributed by atoms with van der Waals surface area (Å²) < 4.78 is 13.6. The third kappa shape index (κ3) is 2.54. The first-order valence-corrected chi connectivity index (χ1v) is 5.08. The Morgan fingerprint density at radius 3 is 2.50 bits per heavy atom. The number of carbonyl (C=O) groups excluding carboxylic acids is 1. The second kappa shape index (κ2) is 4.89. The highest BCUT2D eigenvalue weighted by Gasteiger charge is 2.13. The van der Waals surface area contributed by atoms with Gasteiger partial charge in [0, 0.05) is 5.02 Å². The summed E-state index contributed by atoms with van der Waals surface area (Å²) in [6.45, 7) is 0. The Bertz CT molecular complexity index is 443. The number of hydrogen-bond donors (Lipinski definition) is 0. The van der Waals surface area contributed by atoms with Crippen molar-refractivity contribution in [2.24, 2.45) is 4.36 Å². The summed E-state index contributed by atoms with van der Waals surface area (Å²) in [6, 6.07) is 2.68. The largest absolute Gasteiger partial charge is 0.276 e. The van der Waals surface area contributed by atoms with Crippen molar-refractivity contribution in [3.8, 4) is 0 Å². The molecule has 0 saturated heterocycles. The second-order valence-corrected chi connectivity index (χ2v) is 3.74. The van der Waals surface area contributed by atoms with Crippen LogP contribution in [0, 0.1) is 0 Å². The molecular formula is C7H2Cl3NO2S. The number of halogens is 3. The van der Waals surface area contributed by atoms with Crippen molar-refractivity contribution in [3.05, 3.63) is 27.7 Å². The second-order valence-electron chi connectivity index (χ2n) is 2.22. The number of nitrogens with zero attached hydrogens (tertiary/aromatic N) is 1. The van der Waals surface area contributed by atoms with E-state index < -0.39 is 5.24 Å². The zero-order valence-electron chi connectivity index (χ0n) is 6.46. The highest BCUT2D eigenvalue weighted by Crippen LogP contribution is 2.33. The monoisotopic (exact) mass is 269 g/mol. The maximum atomic E-state index is 10.9. The number of carbonyl (C=O) groups is 1. The summed E-state index contributed by atoms with van der Waals surface area (Å²) in [5.74, 6) is 0. The van der Waals surface area contributed by atoms with Gasteiger partial charge in [0.05, 0.1) is 10.6 Å². The van der Waals surface area contributed by atoms with Gasteiger partial charge in [-0.25, -0.2) is 0 Å². The number of benzene rings is 1. The fraction of sp³-hybridized carbons (Fsp3) is 0. The molecule has 0 aliphatic rings. The molecule has 0 bridgehead atoms. The van der Waals surface area contributed by atoms with Crippen molar-refractivity contribution < 1.29 is 9.00 Å². The smallest absolute Gasteiger partial charge is 0.254 e. The lowest BCUT2D eigenvalue weighted by Gasteiger charge is -2.01. The highest BCUT2D eigenvalue weighted by molar-refractivity contribution is 7.54. The van der Waals surface area contributed by atoms with Crippen LogP contribution in [0.15, 0.2) is 16.5 Å². The van der Waals surface area contributed by atoms with Gasteiger partial charge in [0.15, 0.2) is 0 Å². The minimum absolute atomic E-state index is 0.0208. The summed E-state index contributed by atoms with van der Waals surface area (Å²) in [6.07, 6.45) is 0. The topological polar surface area (TPSA) is 46.5 Å². The molecule has 0 saturated carbocycles. The molecule has 0 aliphatic carbocycles. The normalized spacial score (nSPS) is 9.64. The Labute approximate surface area is 98.2 Å². The van der Waals surface area contributed by atoms with Crippen LogP contribution in [0.5, 0.6) is 0 Å². The van der Waals surface area contributed by atoms with E-state index in [2.05, 4.69) is 4.36 Å². The average Bonchev–Trinajstić information content (AvgIpc) is 2.09. The summed E-state index contributed by atoms with van der Waals surface area (Å²) in [7, 11) is 0. The average molecular weight is 271 g/mol. The third-order valence-corrected chi connectivity index (χ3v) is 2.34. The first kappa shape index (κ1) is 11.7. The molecule has 0 spiro atoms. The summed E-state index contributed by atoms with van der Waals surface area (Å²) >= 11 is 16.6. The maximum absolute atomic E-state index is 10.9. The third-order valence-electron chi connectivity index (χ3n) is 1.37. The van der Waals surface area contributed by atoms with Gasteiger partial charge in [-0.1, -0.05) is 23.2 Å². The Balaban J connectivity index is 3.51. The minimum atomic E-state index is -0.762. The van der Waals surface area contributed by atoms with Crippen molar-refractivity contribution in [2.45, 2.75) is 0 Å². The van der Waals surface area contributed by atoms with E-state index >= 15 is 0 Å². The van der Waals surface area contributed by atoms with E-state index in [-0.39, 0.29) is 32.8 Å². The molecular weight excluding hydrogens is 269 g/mol. The molecule has 74 valence electrons. The Kier molecular flexibility index (Phi) is 4.07. The van der Waals surface area contributed by atoms with Crippen LogP contribution in [0.25, 0.3) is 0 Å². The van der Waals surface area contributed by atoms with Crippen molar-refractivity contribution in [1.29, 1.82) is 0 Å². The lowest BCUT2D eigenvalue weighted by Crippen LogP contribution is -1.90. The summed E-state index contributed by atoms with van der Waals surface area (Å²) in [5, 5.41) is -0.388. The van der Waals surface area contributed by atoms with Gasteiger partial charge in [0.25, 0.3) is 5.24 Å². The van der Waals surface area contributed by atoms with E-state index in [1.807, 2.05) is 0 Å². The fourth-order valence-electron chi connectivity index (χ4n) is 0.846. The lowest BCUT2D eigenvalue weighted by atomic mass is 10.2. The molecule has 0 amide bonds. The molecule has 1 aromatic rings. The quantitative estimate of drug-likeness (QED) is 0.773. The van der Waals surface area contributed by atoms with Gasteiger partial charge < -0.3 is 0 Å². The van der Waals surface area contributed by atoms with Crippen LogP contribution >= 0.6 is 34.8 Å². The van der Waals surface area contributed by atoms with E-state index in [4.69, 9.17) is 34.8 Å². The summed E-state index contributed by atoms with van der Waals surface area (Å²) in [4.78, 5) is 10.9. The Morgan fingerprint density at radius 2 is 2.00 bits per heavy atom. The van der Waals surface area contributed by atoms with E-state index in [1.165, 1.54) is 12.1 Å². The first-order valence-electron chi connectivity index (χ1n) is 3.25. The van der Waals surface area contributed by atoms with Gasteiger partial charge in [0.1, 0.15) is 5.69 Å². The van der Waals surface area contributed by atoms with Crippen LogP contribution < -0.4 is 0 Å². The van der Waals surface area contributed by atoms with Crippen LogP contribution in [-0.2, 0) is 11.5 Å². The molecule has 0 radical (unpaired) electrons. The minimum Gasteiger partial charge on any atom is -0.276 e. The summed E-state index contributed by atoms with van der Waals surface area (Å²) in [5.41, 5.74) is 0.0728. The molecule has 0 aliphatic heterocycles. The van der Waals surface area contributed by atoms with E-state index in [0.717, 1.165) is 0 Å². The SMILES string of the molecule is O=S=Nc1c(Cl)cc(Cl)cc1C(=O)Cl. The molecule has 0 fully saturated rings. The molecule has 1 aromatic carbocycles. The van der Waals surface area contributed by atoms with Crippen molar-refractivity contribution >= 4 is 57.2 Å². The van der Waals surface area contributed by atoms with Gasteiger partial charge in [-0.2, -0.15) is 8.57 Å². The molecule has 0 atom stereocenters. The Morgan fingerprint density at radius 1 is 1.36 bits per heavy atom. The molecule has 14 heavy (non-hydrogen) atoms. The molecule has 0 aromatic heterocycles. The van der Waals surface area contributed by atoms with Gasteiger partial charge in [-0.3, -0.25) is 4.79 Å². The molecule has 1 rings (SSSR count). The van der Waals surface area contributed by atoms with Crippen molar-refractivity contribution in [2.75, 3.05) is 0 Å². The van der Waals surface area contributed by atoms with E-state index in [1.54, 1.807) is 0 Å². The van der Waals surface area contributed by atoms with Crippen LogP contribution in [0.1, 0.15) is 10.4 Å². The maximum Gasteiger partial charge on any atom is 0.254 e. The first-order chi connectivity index (χ1) is 6.56. The van der Waals surface area contributed by atoms with Gasteiger partial charge in [0.2, 0.25) is 11.5 Å². The molecule has 7 heteroatoms. The highest BCUT2D eigenvalue weighted by atomic mass is 35.5. The Hall–Kier alpha value is -0.420. The zero-order chi connectivity index (χ0) is 10.7. The predicted molar refractivity (Wildman–Crippen MR) is 56.9 cm³/mol. The molecule has 0 heterocycles. The number of rotatable bonds is 2. The van der Waals surface area contributed by atoms with E-state index in [0.29, 0.717) is 0 Å². The van der Waals surface area contributed by atoms with E-state index in [9.17, 15) is 9.00 Å². The number of hydrogen-bond acceptors (Lipinski definition) is 3. The molecule has 3 nitrogen and oxygen atoms in total. The fourth-order valence-corrected chi connectivity index (χ4v) is 1.85. The van der Waals surface area contributed by atoms with Gasteiger partial charge >= 0.3 is 0 Å². The zero-order valence-corrected chi connectivity index (χ0v) is 9.54.